The van der Waals surface area contributed by atoms with E-state index in [2.05, 4.69) is 0 Å². The molecule has 0 fully saturated rings. The van der Waals surface area contributed by atoms with Crippen LogP contribution < -0.4 is 4.74 Å². The summed E-state index contributed by atoms with van der Waals surface area (Å²) in [7, 11) is 0. The van der Waals surface area contributed by atoms with Gasteiger partial charge in [-0.25, -0.2) is 9.59 Å². The molecule has 126 valence electrons. The summed E-state index contributed by atoms with van der Waals surface area (Å²) in [5.74, 6) is -1.14. The van der Waals surface area contributed by atoms with E-state index in [1.54, 1.807) is 18.2 Å². The van der Waals surface area contributed by atoms with Gasteiger partial charge in [0.25, 0.3) is 0 Å². The summed E-state index contributed by atoms with van der Waals surface area (Å²) < 4.78 is 10.4. The van der Waals surface area contributed by atoms with Gasteiger partial charge < -0.3 is 9.47 Å². The predicted octanol–water partition coefficient (Wildman–Crippen LogP) is 5.17. The standard InChI is InChI=1S/C18H16Cl2O4/c1-2-3-10-23-17(21)13-6-4-5-7-14(13)18(22)24-16-11-12(19)8-9-15(16)20/h4-9,11H,2-3,10H2,1H3. The van der Waals surface area contributed by atoms with Gasteiger partial charge in [0, 0.05) is 11.1 Å². The fourth-order valence-electron chi connectivity index (χ4n) is 1.94. The molecular weight excluding hydrogens is 351 g/mol. The van der Waals surface area contributed by atoms with Crippen LogP contribution in [0.3, 0.4) is 0 Å². The number of unbranched alkanes of at least 4 members (excludes halogenated alkanes) is 1. The van der Waals surface area contributed by atoms with Gasteiger partial charge in [-0.1, -0.05) is 48.7 Å². The lowest BCUT2D eigenvalue weighted by molar-refractivity contribution is 0.0491. The second-order valence-electron chi connectivity index (χ2n) is 5.00. The molecule has 0 spiro atoms. The second kappa shape index (κ2) is 8.71. The van der Waals surface area contributed by atoms with Crippen molar-refractivity contribution in [2.45, 2.75) is 19.8 Å². The van der Waals surface area contributed by atoms with Crippen LogP contribution in [0.4, 0.5) is 0 Å². The smallest absolute Gasteiger partial charge is 0.344 e. The summed E-state index contributed by atoms with van der Waals surface area (Å²) in [6.45, 7) is 2.30. The Hall–Kier alpha value is -2.04. The summed E-state index contributed by atoms with van der Waals surface area (Å²) in [6.07, 6.45) is 1.67. The lowest BCUT2D eigenvalue weighted by Crippen LogP contribution is -2.16. The summed E-state index contributed by atoms with van der Waals surface area (Å²) >= 11 is 11.9. The molecule has 24 heavy (non-hydrogen) atoms. The highest BCUT2D eigenvalue weighted by Gasteiger charge is 2.20. The van der Waals surface area contributed by atoms with Crippen molar-refractivity contribution in [1.82, 2.24) is 0 Å². The van der Waals surface area contributed by atoms with Crippen LogP contribution in [0.2, 0.25) is 10.0 Å². The van der Waals surface area contributed by atoms with E-state index in [9.17, 15) is 9.59 Å². The summed E-state index contributed by atoms with van der Waals surface area (Å²) in [5.41, 5.74) is 0.256. The van der Waals surface area contributed by atoms with Crippen LogP contribution in [0, 0.1) is 0 Å². The molecule has 0 radical (unpaired) electrons. The average Bonchev–Trinajstić information content (AvgIpc) is 2.58. The van der Waals surface area contributed by atoms with Crippen LogP contribution in [0.5, 0.6) is 5.75 Å². The summed E-state index contributed by atoms with van der Waals surface area (Å²) in [4.78, 5) is 24.5. The molecule has 0 N–H and O–H groups in total. The number of esters is 2. The Morgan fingerprint density at radius 1 is 1.00 bits per heavy atom. The molecule has 0 saturated heterocycles. The highest BCUT2D eigenvalue weighted by atomic mass is 35.5. The molecule has 0 aliphatic rings. The number of ether oxygens (including phenoxy) is 2. The predicted molar refractivity (Wildman–Crippen MR) is 93.1 cm³/mol. The minimum absolute atomic E-state index is 0.107. The van der Waals surface area contributed by atoms with E-state index < -0.39 is 11.9 Å². The van der Waals surface area contributed by atoms with Crippen LogP contribution in [0.15, 0.2) is 42.5 Å². The van der Waals surface area contributed by atoms with Gasteiger partial charge in [-0.2, -0.15) is 0 Å². The van der Waals surface area contributed by atoms with E-state index in [0.717, 1.165) is 12.8 Å². The largest absolute Gasteiger partial charge is 0.462 e. The molecule has 0 amide bonds. The molecule has 0 aliphatic carbocycles. The Morgan fingerprint density at radius 2 is 1.67 bits per heavy atom. The quantitative estimate of drug-likeness (QED) is 0.402. The van der Waals surface area contributed by atoms with Gasteiger partial charge in [0.2, 0.25) is 0 Å². The molecular formula is C18H16Cl2O4. The molecule has 0 saturated carbocycles. The van der Waals surface area contributed by atoms with Gasteiger partial charge in [0.1, 0.15) is 0 Å². The van der Waals surface area contributed by atoms with E-state index in [1.165, 1.54) is 24.3 Å². The summed E-state index contributed by atoms with van der Waals surface area (Å²) in [6, 6.07) is 10.8. The van der Waals surface area contributed by atoms with Gasteiger partial charge in [0.05, 0.1) is 22.8 Å². The average molecular weight is 367 g/mol. The Bertz CT molecular complexity index is 744. The zero-order valence-corrected chi connectivity index (χ0v) is 14.6. The topological polar surface area (TPSA) is 52.6 Å². The van der Waals surface area contributed by atoms with E-state index in [0.29, 0.717) is 11.6 Å². The number of hydrogen-bond donors (Lipinski definition) is 0. The number of benzene rings is 2. The number of carbonyl (C=O) groups is 2. The highest BCUT2D eigenvalue weighted by molar-refractivity contribution is 6.34. The third-order valence-corrected chi connectivity index (χ3v) is 3.74. The maximum absolute atomic E-state index is 12.4. The zero-order valence-electron chi connectivity index (χ0n) is 13.1. The lowest BCUT2D eigenvalue weighted by Gasteiger charge is -2.10. The van der Waals surface area contributed by atoms with Crippen molar-refractivity contribution in [2.24, 2.45) is 0 Å². The molecule has 0 unspecified atom stereocenters. The molecule has 0 aliphatic heterocycles. The van der Waals surface area contributed by atoms with Gasteiger partial charge >= 0.3 is 11.9 Å². The van der Waals surface area contributed by atoms with Gasteiger partial charge in [0.15, 0.2) is 5.75 Å². The molecule has 2 rings (SSSR count). The van der Waals surface area contributed by atoms with Gasteiger partial charge in [-0.05, 0) is 30.7 Å². The number of carbonyl (C=O) groups excluding carboxylic acids is 2. The number of rotatable bonds is 6. The fourth-order valence-corrected chi connectivity index (χ4v) is 2.25. The maximum atomic E-state index is 12.4. The van der Waals surface area contributed by atoms with Crippen LogP contribution >= 0.6 is 23.2 Å². The monoisotopic (exact) mass is 366 g/mol. The van der Waals surface area contributed by atoms with Crippen molar-refractivity contribution < 1.29 is 19.1 Å². The molecule has 0 heterocycles. The first kappa shape index (κ1) is 18.3. The van der Waals surface area contributed by atoms with E-state index in [-0.39, 0.29) is 21.9 Å². The Morgan fingerprint density at radius 3 is 2.33 bits per heavy atom. The molecule has 6 heteroatoms. The number of hydrogen-bond acceptors (Lipinski definition) is 4. The minimum Gasteiger partial charge on any atom is -0.462 e. The third kappa shape index (κ3) is 4.73. The van der Waals surface area contributed by atoms with Gasteiger partial charge in [-0.15, -0.1) is 0 Å². The van der Waals surface area contributed by atoms with Crippen LogP contribution in [-0.4, -0.2) is 18.5 Å². The van der Waals surface area contributed by atoms with Crippen molar-refractivity contribution in [3.63, 3.8) is 0 Å². The SMILES string of the molecule is CCCCOC(=O)c1ccccc1C(=O)Oc1cc(Cl)ccc1Cl. The molecule has 0 aromatic heterocycles. The Kier molecular flexibility index (Phi) is 6.64. The fraction of sp³-hybridized carbons (Fsp3) is 0.222. The van der Waals surface area contributed by atoms with Crippen LogP contribution in [-0.2, 0) is 4.74 Å². The zero-order chi connectivity index (χ0) is 17.5. The lowest BCUT2D eigenvalue weighted by atomic mass is 10.1. The van der Waals surface area contributed by atoms with Crippen LogP contribution in [0.25, 0.3) is 0 Å². The van der Waals surface area contributed by atoms with Crippen molar-refractivity contribution in [2.75, 3.05) is 6.61 Å². The summed E-state index contributed by atoms with van der Waals surface area (Å²) in [5, 5.41) is 0.630. The minimum atomic E-state index is -0.706. The highest BCUT2D eigenvalue weighted by Crippen LogP contribution is 2.28. The molecule has 2 aromatic carbocycles. The van der Waals surface area contributed by atoms with Crippen LogP contribution in [0.1, 0.15) is 40.5 Å². The second-order valence-corrected chi connectivity index (χ2v) is 5.84. The van der Waals surface area contributed by atoms with Crippen molar-refractivity contribution in [1.29, 1.82) is 0 Å². The maximum Gasteiger partial charge on any atom is 0.344 e. The first-order valence-electron chi connectivity index (χ1n) is 7.46. The van der Waals surface area contributed by atoms with E-state index >= 15 is 0 Å². The molecule has 4 nitrogen and oxygen atoms in total. The molecule has 0 atom stereocenters. The van der Waals surface area contributed by atoms with Crippen molar-refractivity contribution in [3.05, 3.63) is 63.6 Å². The number of halogens is 2. The normalized spacial score (nSPS) is 10.3. The Balaban J connectivity index is 2.20. The Labute approximate surface area is 150 Å². The van der Waals surface area contributed by atoms with E-state index in [1.807, 2.05) is 6.92 Å². The first-order valence-corrected chi connectivity index (χ1v) is 8.22. The third-order valence-electron chi connectivity index (χ3n) is 3.19. The molecule has 2 aromatic rings. The van der Waals surface area contributed by atoms with E-state index in [4.69, 9.17) is 32.7 Å². The first-order chi connectivity index (χ1) is 11.5. The van der Waals surface area contributed by atoms with Crippen molar-refractivity contribution >= 4 is 35.1 Å². The van der Waals surface area contributed by atoms with Crippen molar-refractivity contribution in [3.8, 4) is 5.75 Å². The molecule has 0 bridgehead atoms. The van der Waals surface area contributed by atoms with Gasteiger partial charge in [-0.3, -0.25) is 0 Å².